The van der Waals surface area contributed by atoms with Crippen molar-refractivity contribution in [3.63, 3.8) is 0 Å². The third-order valence-electron chi connectivity index (χ3n) is 3.65. The van der Waals surface area contributed by atoms with Crippen LogP contribution in [0.3, 0.4) is 0 Å². The number of nitrogens with zero attached hydrogens (tertiary/aromatic N) is 3. The standard InChI is InChI=1S/C14H21N3O3/c1-4-5-10(2)13(18)16-6-7-17-11(9-16)8-12(15-17)14(19)20-3/h8,10H,4-7,9H2,1-3H3/t10-/m1/s1. The summed E-state index contributed by atoms with van der Waals surface area (Å²) >= 11 is 0. The second-order valence-electron chi connectivity index (χ2n) is 5.19. The molecule has 0 N–H and O–H groups in total. The summed E-state index contributed by atoms with van der Waals surface area (Å²) in [7, 11) is 1.34. The number of esters is 1. The van der Waals surface area contributed by atoms with Gasteiger partial charge in [-0.15, -0.1) is 0 Å². The van der Waals surface area contributed by atoms with E-state index in [1.165, 1.54) is 7.11 Å². The third kappa shape index (κ3) is 2.84. The second kappa shape index (κ2) is 6.07. The summed E-state index contributed by atoms with van der Waals surface area (Å²) in [4.78, 5) is 25.6. The summed E-state index contributed by atoms with van der Waals surface area (Å²) < 4.78 is 6.44. The summed E-state index contributed by atoms with van der Waals surface area (Å²) in [6.07, 6.45) is 1.91. The quantitative estimate of drug-likeness (QED) is 0.782. The van der Waals surface area contributed by atoms with Gasteiger partial charge in [0, 0.05) is 12.5 Å². The van der Waals surface area contributed by atoms with Crippen LogP contribution in [0.2, 0.25) is 0 Å². The SMILES string of the molecule is CCC[C@@H](C)C(=O)N1CCn2nc(C(=O)OC)cc2C1. The molecule has 0 fully saturated rings. The minimum Gasteiger partial charge on any atom is -0.464 e. The van der Waals surface area contributed by atoms with Gasteiger partial charge in [-0.2, -0.15) is 5.10 Å². The lowest BCUT2D eigenvalue weighted by molar-refractivity contribution is -0.136. The molecule has 6 nitrogen and oxygen atoms in total. The number of fused-ring (bicyclic) bond motifs is 1. The molecular formula is C14H21N3O3. The van der Waals surface area contributed by atoms with Crippen LogP contribution >= 0.6 is 0 Å². The van der Waals surface area contributed by atoms with E-state index in [1.54, 1.807) is 10.7 Å². The molecule has 1 amide bonds. The molecule has 0 aromatic carbocycles. The van der Waals surface area contributed by atoms with Crippen molar-refractivity contribution in [2.45, 2.75) is 39.8 Å². The molecule has 2 heterocycles. The van der Waals surface area contributed by atoms with E-state index >= 15 is 0 Å². The average molecular weight is 279 g/mol. The van der Waals surface area contributed by atoms with Crippen molar-refractivity contribution in [1.29, 1.82) is 0 Å². The van der Waals surface area contributed by atoms with Crippen molar-refractivity contribution in [1.82, 2.24) is 14.7 Å². The fraction of sp³-hybridized carbons (Fsp3) is 0.643. The van der Waals surface area contributed by atoms with Gasteiger partial charge in [-0.3, -0.25) is 9.48 Å². The lowest BCUT2D eigenvalue weighted by Gasteiger charge is -2.29. The fourth-order valence-electron chi connectivity index (χ4n) is 2.53. The first-order chi connectivity index (χ1) is 9.56. The van der Waals surface area contributed by atoms with E-state index in [2.05, 4.69) is 16.8 Å². The van der Waals surface area contributed by atoms with Crippen LogP contribution in [0.4, 0.5) is 0 Å². The van der Waals surface area contributed by atoms with Crippen molar-refractivity contribution in [3.8, 4) is 0 Å². The predicted octanol–water partition coefficient (Wildman–Crippen LogP) is 1.45. The molecule has 0 radical (unpaired) electrons. The molecule has 6 heteroatoms. The van der Waals surface area contributed by atoms with Crippen LogP contribution in [0.1, 0.15) is 42.9 Å². The van der Waals surface area contributed by atoms with E-state index in [0.717, 1.165) is 18.5 Å². The highest BCUT2D eigenvalue weighted by Gasteiger charge is 2.26. The number of carbonyl (C=O) groups is 2. The smallest absolute Gasteiger partial charge is 0.358 e. The lowest BCUT2D eigenvalue weighted by Crippen LogP contribution is -2.41. The number of hydrogen-bond donors (Lipinski definition) is 0. The molecule has 0 bridgehead atoms. The van der Waals surface area contributed by atoms with Gasteiger partial charge in [0.1, 0.15) is 0 Å². The highest BCUT2D eigenvalue weighted by molar-refractivity contribution is 5.87. The zero-order chi connectivity index (χ0) is 14.7. The Morgan fingerprint density at radius 2 is 2.20 bits per heavy atom. The Kier molecular flexibility index (Phi) is 4.42. The molecule has 1 aliphatic heterocycles. The van der Waals surface area contributed by atoms with E-state index in [-0.39, 0.29) is 11.8 Å². The molecule has 0 saturated carbocycles. The monoisotopic (exact) mass is 279 g/mol. The Balaban J connectivity index is 2.09. The molecule has 1 aromatic heterocycles. The molecule has 20 heavy (non-hydrogen) atoms. The van der Waals surface area contributed by atoms with Crippen molar-refractivity contribution in [3.05, 3.63) is 17.5 Å². The van der Waals surface area contributed by atoms with Crippen molar-refractivity contribution >= 4 is 11.9 Å². The normalized spacial score (nSPS) is 15.7. The van der Waals surface area contributed by atoms with E-state index in [4.69, 9.17) is 0 Å². The molecule has 110 valence electrons. The molecule has 1 aromatic rings. The first kappa shape index (κ1) is 14.6. The van der Waals surface area contributed by atoms with Crippen LogP contribution in [0.25, 0.3) is 0 Å². The molecular weight excluding hydrogens is 258 g/mol. The van der Waals surface area contributed by atoms with Crippen LogP contribution in [0.5, 0.6) is 0 Å². The largest absolute Gasteiger partial charge is 0.464 e. The molecule has 2 rings (SSSR count). The molecule has 0 saturated heterocycles. The Hall–Kier alpha value is -1.85. The van der Waals surface area contributed by atoms with Gasteiger partial charge in [-0.05, 0) is 12.5 Å². The van der Waals surface area contributed by atoms with Crippen molar-refractivity contribution < 1.29 is 14.3 Å². The fourth-order valence-corrected chi connectivity index (χ4v) is 2.53. The van der Waals surface area contributed by atoms with Crippen LogP contribution in [-0.2, 0) is 22.6 Å². The molecule has 0 unspecified atom stereocenters. The zero-order valence-electron chi connectivity index (χ0n) is 12.3. The number of aromatic nitrogens is 2. The highest BCUT2D eigenvalue weighted by atomic mass is 16.5. The summed E-state index contributed by atoms with van der Waals surface area (Å²) in [5.74, 6) is -0.211. The predicted molar refractivity (Wildman–Crippen MR) is 73.1 cm³/mol. The maximum absolute atomic E-state index is 12.3. The summed E-state index contributed by atoms with van der Waals surface area (Å²) in [6.45, 7) is 5.82. The van der Waals surface area contributed by atoms with Crippen LogP contribution < -0.4 is 0 Å². The Bertz CT molecular complexity index is 510. The maximum Gasteiger partial charge on any atom is 0.358 e. The summed E-state index contributed by atoms with van der Waals surface area (Å²) in [5, 5.41) is 4.20. The Morgan fingerprint density at radius 1 is 1.45 bits per heavy atom. The number of ether oxygens (including phenoxy) is 1. The van der Waals surface area contributed by atoms with Gasteiger partial charge in [0.05, 0.1) is 25.9 Å². The van der Waals surface area contributed by atoms with Gasteiger partial charge >= 0.3 is 5.97 Å². The topological polar surface area (TPSA) is 64.4 Å². The van der Waals surface area contributed by atoms with Crippen LogP contribution in [-0.4, -0.2) is 40.2 Å². The first-order valence-corrected chi connectivity index (χ1v) is 7.00. The van der Waals surface area contributed by atoms with E-state index < -0.39 is 5.97 Å². The van der Waals surface area contributed by atoms with Gasteiger partial charge in [0.25, 0.3) is 0 Å². The second-order valence-corrected chi connectivity index (χ2v) is 5.19. The lowest BCUT2D eigenvalue weighted by atomic mass is 10.0. The minimum atomic E-state index is -0.441. The molecule has 0 aliphatic carbocycles. The van der Waals surface area contributed by atoms with Gasteiger partial charge < -0.3 is 9.64 Å². The number of rotatable bonds is 4. The van der Waals surface area contributed by atoms with Crippen molar-refractivity contribution in [2.75, 3.05) is 13.7 Å². The highest BCUT2D eigenvalue weighted by Crippen LogP contribution is 2.18. The van der Waals surface area contributed by atoms with E-state index in [9.17, 15) is 9.59 Å². The Labute approximate surface area is 118 Å². The molecule has 1 aliphatic rings. The van der Waals surface area contributed by atoms with Crippen molar-refractivity contribution in [2.24, 2.45) is 5.92 Å². The summed E-state index contributed by atoms with van der Waals surface area (Å²) in [5.41, 5.74) is 1.19. The third-order valence-corrected chi connectivity index (χ3v) is 3.65. The van der Waals surface area contributed by atoms with E-state index in [0.29, 0.717) is 25.3 Å². The van der Waals surface area contributed by atoms with Gasteiger partial charge in [-0.1, -0.05) is 20.3 Å². The van der Waals surface area contributed by atoms with Crippen LogP contribution in [0.15, 0.2) is 6.07 Å². The van der Waals surface area contributed by atoms with Gasteiger partial charge in [-0.25, -0.2) is 4.79 Å². The number of carbonyl (C=O) groups excluding carboxylic acids is 2. The minimum absolute atomic E-state index is 0.0505. The van der Waals surface area contributed by atoms with Gasteiger partial charge in [0.2, 0.25) is 5.91 Å². The summed E-state index contributed by atoms with van der Waals surface area (Å²) in [6, 6.07) is 1.70. The first-order valence-electron chi connectivity index (χ1n) is 7.00. The number of amides is 1. The number of hydrogen-bond acceptors (Lipinski definition) is 4. The number of methoxy groups -OCH3 is 1. The zero-order valence-corrected chi connectivity index (χ0v) is 12.3. The maximum atomic E-state index is 12.3. The van der Waals surface area contributed by atoms with E-state index in [1.807, 2.05) is 11.8 Å². The average Bonchev–Trinajstić information content (AvgIpc) is 2.88. The van der Waals surface area contributed by atoms with Gasteiger partial charge in [0.15, 0.2) is 5.69 Å². The molecule has 1 atom stereocenters. The van der Waals surface area contributed by atoms with Crippen LogP contribution in [0, 0.1) is 5.92 Å². The Morgan fingerprint density at radius 3 is 2.85 bits per heavy atom. The molecule has 0 spiro atoms.